The Morgan fingerprint density at radius 2 is 2.28 bits per heavy atom. The van der Waals surface area contributed by atoms with E-state index in [0.717, 1.165) is 32.2 Å². The van der Waals surface area contributed by atoms with Gasteiger partial charge in [0.15, 0.2) is 0 Å². The molecule has 0 aromatic carbocycles. The number of hydrogen-bond donors (Lipinski definition) is 2. The van der Waals surface area contributed by atoms with Gasteiger partial charge >= 0.3 is 5.97 Å². The maximum atomic E-state index is 12.4. The van der Waals surface area contributed by atoms with Gasteiger partial charge in [0.05, 0.1) is 11.4 Å². The lowest BCUT2D eigenvalue weighted by Crippen LogP contribution is -2.51. The first kappa shape index (κ1) is 13.7. The van der Waals surface area contributed by atoms with Gasteiger partial charge in [0.1, 0.15) is 6.04 Å². The van der Waals surface area contributed by atoms with E-state index in [-0.39, 0.29) is 17.3 Å². The second kappa shape index (κ2) is 5.93. The Kier molecular flexibility index (Phi) is 4.50. The molecular weight excluding hydrogens is 252 g/mol. The molecule has 0 radical (unpaired) electrons. The molecule has 0 bridgehead atoms. The van der Waals surface area contributed by atoms with Gasteiger partial charge in [-0.1, -0.05) is 13.3 Å². The predicted octanol–water partition coefficient (Wildman–Crippen LogP) is 0.893. The number of thioether (sulfide) groups is 1. The first-order valence-corrected chi connectivity index (χ1v) is 7.60. The van der Waals surface area contributed by atoms with Crippen LogP contribution in [0.1, 0.15) is 32.6 Å². The third kappa shape index (κ3) is 2.64. The van der Waals surface area contributed by atoms with Crippen LogP contribution in [-0.2, 0) is 9.59 Å². The van der Waals surface area contributed by atoms with Crippen LogP contribution in [0.15, 0.2) is 0 Å². The summed E-state index contributed by atoms with van der Waals surface area (Å²) in [5.41, 5.74) is 0. The molecule has 0 aromatic rings. The zero-order chi connectivity index (χ0) is 13.1. The van der Waals surface area contributed by atoms with Crippen LogP contribution in [0, 0.1) is 0 Å². The third-order valence-corrected chi connectivity index (χ3v) is 4.88. The molecule has 2 aliphatic heterocycles. The van der Waals surface area contributed by atoms with Crippen molar-refractivity contribution in [2.75, 3.05) is 12.3 Å². The first-order valence-electron chi connectivity index (χ1n) is 6.55. The van der Waals surface area contributed by atoms with Crippen molar-refractivity contribution in [1.82, 2.24) is 10.2 Å². The average molecular weight is 272 g/mol. The molecule has 3 atom stereocenters. The van der Waals surface area contributed by atoms with Crippen molar-refractivity contribution < 1.29 is 14.7 Å². The number of nitrogens with zero attached hydrogens (tertiary/aromatic N) is 1. The van der Waals surface area contributed by atoms with Gasteiger partial charge in [-0.15, -0.1) is 11.8 Å². The summed E-state index contributed by atoms with van der Waals surface area (Å²) in [6.45, 7) is 2.92. The lowest BCUT2D eigenvalue weighted by molar-refractivity contribution is -0.149. The van der Waals surface area contributed by atoms with E-state index in [1.807, 2.05) is 0 Å². The lowest BCUT2D eigenvalue weighted by Gasteiger charge is -2.29. The molecule has 5 nitrogen and oxygen atoms in total. The Hall–Kier alpha value is -0.750. The van der Waals surface area contributed by atoms with Crippen LogP contribution in [-0.4, -0.2) is 51.6 Å². The second-order valence-electron chi connectivity index (χ2n) is 4.83. The quantitative estimate of drug-likeness (QED) is 0.795. The Bertz CT molecular complexity index is 331. The van der Waals surface area contributed by atoms with E-state index in [9.17, 15) is 14.7 Å². The van der Waals surface area contributed by atoms with E-state index in [1.54, 1.807) is 16.7 Å². The fraction of sp³-hybridized carbons (Fsp3) is 0.833. The van der Waals surface area contributed by atoms with Crippen LogP contribution in [0.4, 0.5) is 0 Å². The molecule has 2 aliphatic rings. The molecule has 0 aliphatic carbocycles. The number of hydrogen-bond acceptors (Lipinski definition) is 4. The molecule has 18 heavy (non-hydrogen) atoms. The van der Waals surface area contributed by atoms with Crippen molar-refractivity contribution in [2.45, 2.75) is 50.1 Å². The van der Waals surface area contributed by atoms with Crippen molar-refractivity contribution in [3.63, 3.8) is 0 Å². The average Bonchev–Trinajstić information content (AvgIpc) is 2.97. The first-order chi connectivity index (χ1) is 8.65. The van der Waals surface area contributed by atoms with Crippen LogP contribution in [0.3, 0.4) is 0 Å². The highest BCUT2D eigenvalue weighted by molar-refractivity contribution is 8.00. The van der Waals surface area contributed by atoms with Crippen molar-refractivity contribution in [3.05, 3.63) is 0 Å². The molecule has 2 N–H and O–H groups in total. The largest absolute Gasteiger partial charge is 0.480 e. The minimum absolute atomic E-state index is 0.0247. The second-order valence-corrected chi connectivity index (χ2v) is 6.04. The van der Waals surface area contributed by atoms with E-state index >= 15 is 0 Å². The predicted molar refractivity (Wildman–Crippen MR) is 70.4 cm³/mol. The van der Waals surface area contributed by atoms with Crippen LogP contribution >= 0.6 is 11.8 Å². The Labute approximate surface area is 111 Å². The SMILES string of the molecule is CCCC1SCC(C(=O)O)N1C(=O)[C@@H]1CCCN1. The van der Waals surface area contributed by atoms with Gasteiger partial charge in [-0.05, 0) is 25.8 Å². The van der Waals surface area contributed by atoms with Crippen molar-refractivity contribution >= 4 is 23.6 Å². The molecular formula is C12H20N2O3S. The Balaban J connectivity index is 2.11. The summed E-state index contributed by atoms with van der Waals surface area (Å²) in [5, 5.41) is 12.4. The van der Waals surface area contributed by atoms with Crippen LogP contribution in [0.2, 0.25) is 0 Å². The van der Waals surface area contributed by atoms with E-state index in [4.69, 9.17) is 0 Å². The number of carbonyl (C=O) groups is 2. The van der Waals surface area contributed by atoms with Crippen LogP contribution < -0.4 is 5.32 Å². The Morgan fingerprint density at radius 1 is 1.50 bits per heavy atom. The fourth-order valence-corrected chi connectivity index (χ4v) is 4.12. The number of carboxylic acid groups (broad SMARTS) is 1. The lowest BCUT2D eigenvalue weighted by atomic mass is 10.1. The van der Waals surface area contributed by atoms with E-state index in [0.29, 0.717) is 5.75 Å². The molecule has 2 fully saturated rings. The summed E-state index contributed by atoms with van der Waals surface area (Å²) in [6, 6.07) is -0.827. The maximum absolute atomic E-state index is 12.4. The molecule has 2 unspecified atom stereocenters. The van der Waals surface area contributed by atoms with E-state index in [1.165, 1.54) is 0 Å². The molecule has 2 heterocycles. The molecule has 2 saturated heterocycles. The zero-order valence-corrected chi connectivity index (χ0v) is 11.4. The zero-order valence-electron chi connectivity index (χ0n) is 10.6. The molecule has 102 valence electrons. The number of amides is 1. The topological polar surface area (TPSA) is 69.6 Å². The smallest absolute Gasteiger partial charge is 0.327 e. The van der Waals surface area contributed by atoms with Crippen LogP contribution in [0.25, 0.3) is 0 Å². The summed E-state index contributed by atoms with van der Waals surface area (Å²) >= 11 is 1.60. The van der Waals surface area contributed by atoms with Crippen molar-refractivity contribution in [2.24, 2.45) is 0 Å². The number of carboxylic acids is 1. The number of aliphatic carboxylic acids is 1. The highest BCUT2D eigenvalue weighted by Gasteiger charge is 2.43. The van der Waals surface area contributed by atoms with Crippen molar-refractivity contribution in [3.8, 4) is 0 Å². The molecule has 0 spiro atoms. The maximum Gasteiger partial charge on any atom is 0.327 e. The minimum Gasteiger partial charge on any atom is -0.480 e. The number of carbonyl (C=O) groups excluding carboxylic acids is 1. The van der Waals surface area contributed by atoms with Gasteiger partial charge in [-0.2, -0.15) is 0 Å². The normalized spacial score (nSPS) is 31.8. The molecule has 0 aromatic heterocycles. The summed E-state index contributed by atoms with van der Waals surface area (Å²) in [7, 11) is 0. The van der Waals surface area contributed by atoms with Gasteiger partial charge in [0.2, 0.25) is 5.91 Å². The Morgan fingerprint density at radius 3 is 2.83 bits per heavy atom. The van der Waals surface area contributed by atoms with Gasteiger partial charge in [0, 0.05) is 5.75 Å². The fourth-order valence-electron chi connectivity index (χ4n) is 2.59. The molecule has 1 amide bonds. The number of rotatable bonds is 4. The third-order valence-electron chi connectivity index (χ3n) is 3.53. The number of nitrogens with one attached hydrogen (secondary N) is 1. The monoisotopic (exact) mass is 272 g/mol. The molecule has 6 heteroatoms. The van der Waals surface area contributed by atoms with Gasteiger partial charge in [0.25, 0.3) is 0 Å². The van der Waals surface area contributed by atoms with Gasteiger partial charge in [-0.25, -0.2) is 4.79 Å². The summed E-state index contributed by atoms with van der Waals surface area (Å²) in [5.74, 6) is -0.394. The van der Waals surface area contributed by atoms with Crippen molar-refractivity contribution in [1.29, 1.82) is 0 Å². The molecule has 2 rings (SSSR count). The standard InChI is InChI=1S/C12H20N2O3S/c1-2-4-10-14(9(7-18-10)12(16)17)11(15)8-5-3-6-13-8/h8-10,13H,2-7H2,1H3,(H,16,17)/t8-,9?,10?/m0/s1. The highest BCUT2D eigenvalue weighted by atomic mass is 32.2. The van der Waals surface area contributed by atoms with Crippen LogP contribution in [0.5, 0.6) is 0 Å². The van der Waals surface area contributed by atoms with E-state index in [2.05, 4.69) is 12.2 Å². The highest BCUT2D eigenvalue weighted by Crippen LogP contribution is 2.33. The van der Waals surface area contributed by atoms with Gasteiger partial charge in [-0.3, -0.25) is 4.79 Å². The van der Waals surface area contributed by atoms with E-state index < -0.39 is 12.0 Å². The van der Waals surface area contributed by atoms with Gasteiger partial charge < -0.3 is 15.3 Å². The summed E-state index contributed by atoms with van der Waals surface area (Å²) in [4.78, 5) is 25.3. The minimum atomic E-state index is -0.882. The molecule has 0 saturated carbocycles. The summed E-state index contributed by atoms with van der Waals surface area (Å²) < 4.78 is 0. The summed E-state index contributed by atoms with van der Waals surface area (Å²) in [6.07, 6.45) is 3.65.